The number of amides is 1. The van der Waals surface area contributed by atoms with Crippen LogP contribution in [0, 0.1) is 0 Å². The summed E-state index contributed by atoms with van der Waals surface area (Å²) < 4.78 is 10.2. The van der Waals surface area contributed by atoms with Gasteiger partial charge in [0.1, 0.15) is 11.3 Å². The van der Waals surface area contributed by atoms with Crippen molar-refractivity contribution in [2.45, 2.75) is 18.4 Å². The van der Waals surface area contributed by atoms with Gasteiger partial charge in [-0.15, -0.1) is 0 Å². The first-order chi connectivity index (χ1) is 13.8. The number of benzene rings is 2. The Morgan fingerprint density at radius 1 is 1.10 bits per heavy atom. The molecule has 5 nitrogen and oxygen atoms in total. The summed E-state index contributed by atoms with van der Waals surface area (Å²) in [5.74, 6) is -0.878. The Bertz CT molecular complexity index is 890. The first-order valence-electron chi connectivity index (χ1n) is 8.95. The third kappa shape index (κ3) is 5.27. The smallest absolute Gasteiger partial charge is 0.332 e. The normalized spacial score (nSPS) is 13.9. The highest BCUT2D eigenvalue weighted by Crippen LogP contribution is 2.32. The van der Waals surface area contributed by atoms with Gasteiger partial charge in [0.25, 0.3) is 5.91 Å². The van der Waals surface area contributed by atoms with Crippen LogP contribution in [0.15, 0.2) is 73.3 Å². The number of allylic oxidation sites excluding steroid dienone is 2. The highest BCUT2D eigenvalue weighted by molar-refractivity contribution is 6.30. The molecule has 2 aromatic rings. The van der Waals surface area contributed by atoms with Crippen molar-refractivity contribution >= 4 is 23.5 Å². The molecule has 152 valence electrons. The molecule has 0 spiro atoms. The van der Waals surface area contributed by atoms with E-state index in [9.17, 15) is 9.59 Å². The number of hydrogen-bond acceptors (Lipinski definition) is 4. The first kappa shape index (κ1) is 22.2. The summed E-state index contributed by atoms with van der Waals surface area (Å²) in [6, 6.07) is 13.7. The fourth-order valence-electron chi connectivity index (χ4n) is 3.01. The second kappa shape index (κ2) is 9.94. The van der Waals surface area contributed by atoms with Crippen LogP contribution < -0.4 is 10.1 Å². The van der Waals surface area contributed by atoms with Gasteiger partial charge in [-0.05, 0) is 48.9 Å². The molecule has 0 saturated carbocycles. The van der Waals surface area contributed by atoms with Crippen molar-refractivity contribution in [3.05, 3.63) is 89.5 Å². The minimum Gasteiger partial charge on any atom is -0.497 e. The van der Waals surface area contributed by atoms with E-state index in [2.05, 4.69) is 11.9 Å². The predicted molar refractivity (Wildman–Crippen MR) is 114 cm³/mol. The fourth-order valence-corrected chi connectivity index (χ4v) is 3.14. The van der Waals surface area contributed by atoms with Crippen LogP contribution in [-0.4, -0.2) is 31.6 Å². The van der Waals surface area contributed by atoms with E-state index in [0.717, 1.165) is 5.56 Å². The molecule has 0 saturated heterocycles. The lowest BCUT2D eigenvalue weighted by Gasteiger charge is -2.34. The average molecular weight is 414 g/mol. The minimum atomic E-state index is -1.38. The van der Waals surface area contributed by atoms with Gasteiger partial charge in [-0.1, -0.05) is 48.5 Å². The molecular formula is C23H24ClNO4. The molecule has 0 bridgehead atoms. The highest BCUT2D eigenvalue weighted by atomic mass is 35.5. The van der Waals surface area contributed by atoms with Crippen molar-refractivity contribution < 1.29 is 19.1 Å². The maximum atomic E-state index is 12.9. The van der Waals surface area contributed by atoms with Crippen molar-refractivity contribution in [3.63, 3.8) is 0 Å². The van der Waals surface area contributed by atoms with E-state index in [0.29, 0.717) is 16.3 Å². The summed E-state index contributed by atoms with van der Waals surface area (Å²) in [5, 5.41) is 3.42. The Balaban J connectivity index is 2.47. The third-order valence-corrected chi connectivity index (χ3v) is 4.88. The molecule has 0 aromatic heterocycles. The van der Waals surface area contributed by atoms with Gasteiger partial charge in [0.2, 0.25) is 0 Å². The Kier molecular flexibility index (Phi) is 7.62. The number of ether oxygens (including phenoxy) is 2. The van der Waals surface area contributed by atoms with E-state index in [4.69, 9.17) is 21.1 Å². The van der Waals surface area contributed by atoms with E-state index in [1.165, 1.54) is 7.11 Å². The maximum Gasteiger partial charge on any atom is 0.332 e. The summed E-state index contributed by atoms with van der Waals surface area (Å²) in [6.07, 6.45) is 5.12. The molecule has 0 fully saturated rings. The molecule has 29 heavy (non-hydrogen) atoms. The minimum absolute atomic E-state index is 0.392. The zero-order valence-electron chi connectivity index (χ0n) is 16.6. The third-order valence-electron chi connectivity index (χ3n) is 4.63. The lowest BCUT2D eigenvalue weighted by molar-refractivity contribution is -0.148. The molecule has 0 aliphatic carbocycles. The summed E-state index contributed by atoms with van der Waals surface area (Å²) in [4.78, 5) is 25.7. The van der Waals surface area contributed by atoms with E-state index >= 15 is 0 Å². The average Bonchev–Trinajstić information content (AvgIpc) is 2.74. The summed E-state index contributed by atoms with van der Waals surface area (Å²) in [7, 11) is 2.84. The number of halogens is 1. The van der Waals surface area contributed by atoms with Crippen LogP contribution >= 0.6 is 11.6 Å². The number of carbonyl (C=O) groups is 2. The Morgan fingerprint density at radius 2 is 1.72 bits per heavy atom. The monoisotopic (exact) mass is 413 g/mol. The van der Waals surface area contributed by atoms with Crippen LogP contribution in [-0.2, 0) is 9.53 Å². The maximum absolute atomic E-state index is 12.9. The van der Waals surface area contributed by atoms with Gasteiger partial charge in [-0.3, -0.25) is 4.79 Å². The first-order valence-corrected chi connectivity index (χ1v) is 9.33. The Hall–Kier alpha value is -3.05. The molecule has 1 amide bonds. The summed E-state index contributed by atoms with van der Waals surface area (Å²) in [6.45, 7) is 5.32. The van der Waals surface area contributed by atoms with Gasteiger partial charge in [0.15, 0.2) is 0 Å². The van der Waals surface area contributed by atoms with E-state index < -0.39 is 23.3 Å². The van der Waals surface area contributed by atoms with Crippen LogP contribution in [0.3, 0.4) is 0 Å². The summed E-state index contributed by atoms with van der Waals surface area (Å²) >= 11 is 6.01. The molecule has 0 unspecified atom stereocenters. The number of methoxy groups -OCH3 is 2. The second-order valence-electron chi connectivity index (χ2n) is 6.53. The van der Waals surface area contributed by atoms with Crippen LogP contribution in [0.25, 0.3) is 0 Å². The Labute approximate surface area is 176 Å². The number of nitrogens with one attached hydrogen (secondary N) is 1. The van der Waals surface area contributed by atoms with Gasteiger partial charge in [0, 0.05) is 16.5 Å². The fraction of sp³-hybridized carbons (Fsp3) is 0.217. The highest BCUT2D eigenvalue weighted by Gasteiger charge is 2.43. The van der Waals surface area contributed by atoms with Gasteiger partial charge >= 0.3 is 5.97 Å². The van der Waals surface area contributed by atoms with E-state index in [-0.39, 0.29) is 0 Å². The van der Waals surface area contributed by atoms with Gasteiger partial charge in [-0.2, -0.15) is 0 Å². The van der Waals surface area contributed by atoms with Crippen molar-refractivity contribution in [3.8, 4) is 5.75 Å². The summed E-state index contributed by atoms with van der Waals surface area (Å²) in [5.41, 5.74) is -0.196. The predicted octanol–water partition coefficient (Wildman–Crippen LogP) is 4.54. The van der Waals surface area contributed by atoms with Crippen LogP contribution in [0.2, 0.25) is 5.02 Å². The molecule has 0 heterocycles. The molecule has 1 N–H and O–H groups in total. The van der Waals surface area contributed by atoms with Gasteiger partial charge < -0.3 is 14.8 Å². The SMILES string of the molecule is C=C/C=C\[C@@H](c1ccc(Cl)cc1)[C@](C)(NC(=O)c1ccc(OC)cc1)C(=O)OC. The van der Waals surface area contributed by atoms with Crippen molar-refractivity contribution in [2.75, 3.05) is 14.2 Å². The van der Waals surface area contributed by atoms with Crippen LogP contribution in [0.5, 0.6) is 5.75 Å². The molecule has 0 aliphatic rings. The van der Waals surface area contributed by atoms with Crippen LogP contribution in [0.1, 0.15) is 28.8 Å². The number of rotatable bonds is 8. The molecule has 0 aliphatic heterocycles. The topological polar surface area (TPSA) is 64.6 Å². The van der Waals surface area contributed by atoms with Crippen molar-refractivity contribution in [2.24, 2.45) is 0 Å². The Morgan fingerprint density at radius 3 is 2.24 bits per heavy atom. The number of hydrogen-bond donors (Lipinski definition) is 1. The molecule has 2 aromatic carbocycles. The lowest BCUT2D eigenvalue weighted by Crippen LogP contribution is -2.56. The molecule has 0 radical (unpaired) electrons. The molecule has 6 heteroatoms. The quantitative estimate of drug-likeness (QED) is 0.510. The zero-order valence-corrected chi connectivity index (χ0v) is 17.4. The van der Waals surface area contributed by atoms with Gasteiger partial charge in [-0.25, -0.2) is 4.79 Å². The standard InChI is InChI=1S/C23H24ClNO4/c1-5-6-7-20(16-8-12-18(24)13-9-16)23(2,22(27)29-4)25-21(26)17-10-14-19(28-3)15-11-17/h5-15,20H,1H2,2-4H3,(H,25,26)/b7-6-/t20-,23-/m0/s1. The molecular weight excluding hydrogens is 390 g/mol. The second-order valence-corrected chi connectivity index (χ2v) is 6.96. The van der Waals surface area contributed by atoms with E-state index in [1.54, 1.807) is 80.8 Å². The number of esters is 1. The van der Waals surface area contributed by atoms with Crippen LogP contribution in [0.4, 0.5) is 0 Å². The van der Waals surface area contributed by atoms with E-state index in [1.807, 2.05) is 0 Å². The van der Waals surface area contributed by atoms with Crippen molar-refractivity contribution in [1.29, 1.82) is 0 Å². The molecule has 2 atom stereocenters. The molecule has 2 rings (SSSR count). The van der Waals surface area contributed by atoms with Gasteiger partial charge in [0.05, 0.1) is 14.2 Å². The largest absolute Gasteiger partial charge is 0.497 e. The van der Waals surface area contributed by atoms with Crippen molar-refractivity contribution in [1.82, 2.24) is 5.32 Å². The zero-order chi connectivity index (χ0) is 21.4. The number of carbonyl (C=O) groups excluding carboxylic acids is 2. The lowest BCUT2D eigenvalue weighted by atomic mass is 9.79.